The minimum Gasteiger partial charge on any atom is -0.494 e. The third-order valence-electron chi connectivity index (χ3n) is 2.33. The number of aliphatic hydroxyl groups is 1. The van der Waals surface area contributed by atoms with Gasteiger partial charge in [-0.05, 0) is 12.1 Å². The van der Waals surface area contributed by atoms with E-state index in [4.69, 9.17) is 19.3 Å². The first-order valence-corrected chi connectivity index (χ1v) is 4.95. The molecular weight excluding hydrogens is 215 g/mol. The van der Waals surface area contributed by atoms with E-state index in [9.17, 15) is 4.39 Å². The molecule has 16 heavy (non-hydrogen) atoms. The topological polar surface area (TPSA) is 47.9 Å². The number of ether oxygens (including phenoxy) is 3. The Morgan fingerprint density at radius 2 is 2.06 bits per heavy atom. The number of aliphatic hydroxyl groups excluding tert-OH is 1. The summed E-state index contributed by atoms with van der Waals surface area (Å²) < 4.78 is 28.7. The Hall–Kier alpha value is -1.17. The van der Waals surface area contributed by atoms with Crippen molar-refractivity contribution in [1.29, 1.82) is 0 Å². The molecule has 1 aromatic carbocycles. The van der Waals surface area contributed by atoms with Crippen LogP contribution in [-0.2, 0) is 9.47 Å². The van der Waals surface area contributed by atoms with Crippen molar-refractivity contribution in [3.05, 3.63) is 29.6 Å². The second-order valence-corrected chi connectivity index (χ2v) is 3.55. The highest BCUT2D eigenvalue weighted by Gasteiger charge is 2.22. The third-order valence-corrected chi connectivity index (χ3v) is 2.33. The third kappa shape index (κ3) is 2.32. The van der Waals surface area contributed by atoms with Gasteiger partial charge in [-0.15, -0.1) is 0 Å². The maximum absolute atomic E-state index is 13.4. The Morgan fingerprint density at radius 3 is 2.62 bits per heavy atom. The maximum atomic E-state index is 13.4. The minimum absolute atomic E-state index is 0.180. The number of hydrogen-bond acceptors (Lipinski definition) is 4. The van der Waals surface area contributed by atoms with Crippen LogP contribution in [0.15, 0.2) is 18.2 Å². The van der Waals surface area contributed by atoms with Crippen molar-refractivity contribution in [3.8, 4) is 5.75 Å². The molecule has 1 N–H and O–H groups in total. The summed E-state index contributed by atoms with van der Waals surface area (Å²) in [5.41, 5.74) is 0.574. The Bertz CT molecular complexity index is 361. The van der Waals surface area contributed by atoms with Gasteiger partial charge in [-0.2, -0.15) is 0 Å². The van der Waals surface area contributed by atoms with Gasteiger partial charge in [-0.25, -0.2) is 4.39 Å². The molecule has 0 amide bonds. The molecule has 0 radical (unpaired) electrons. The molecule has 5 heteroatoms. The Kier molecular flexibility index (Phi) is 3.38. The highest BCUT2D eigenvalue weighted by atomic mass is 19.1. The van der Waals surface area contributed by atoms with Crippen LogP contribution < -0.4 is 4.74 Å². The molecule has 0 bridgehead atoms. The summed E-state index contributed by atoms with van der Waals surface area (Å²) in [6.45, 7) is 0.386. The lowest BCUT2D eigenvalue weighted by atomic mass is 10.2. The average molecular weight is 228 g/mol. The molecule has 0 unspecified atom stereocenters. The Morgan fingerprint density at radius 1 is 1.38 bits per heavy atom. The van der Waals surface area contributed by atoms with E-state index in [2.05, 4.69) is 0 Å². The van der Waals surface area contributed by atoms with Crippen LogP contribution in [0.3, 0.4) is 0 Å². The van der Waals surface area contributed by atoms with E-state index in [-0.39, 0.29) is 19.0 Å². The van der Waals surface area contributed by atoms with E-state index in [0.29, 0.717) is 5.56 Å². The van der Waals surface area contributed by atoms with E-state index in [0.717, 1.165) is 0 Å². The van der Waals surface area contributed by atoms with Crippen molar-refractivity contribution in [2.45, 2.75) is 12.4 Å². The molecule has 1 aromatic rings. The van der Waals surface area contributed by atoms with Gasteiger partial charge in [0.25, 0.3) is 0 Å². The van der Waals surface area contributed by atoms with Crippen molar-refractivity contribution in [2.24, 2.45) is 0 Å². The highest BCUT2D eigenvalue weighted by molar-refractivity contribution is 5.30. The van der Waals surface area contributed by atoms with E-state index >= 15 is 0 Å². The number of halogens is 1. The fourth-order valence-corrected chi connectivity index (χ4v) is 1.51. The van der Waals surface area contributed by atoms with Crippen molar-refractivity contribution in [2.75, 3.05) is 20.3 Å². The minimum atomic E-state index is -0.621. The van der Waals surface area contributed by atoms with Crippen molar-refractivity contribution < 1.29 is 23.7 Å². The largest absolute Gasteiger partial charge is 0.494 e. The van der Waals surface area contributed by atoms with Gasteiger partial charge in [0.2, 0.25) is 0 Å². The Labute approximate surface area is 92.6 Å². The zero-order valence-corrected chi connectivity index (χ0v) is 8.85. The van der Waals surface area contributed by atoms with Crippen molar-refractivity contribution in [3.63, 3.8) is 0 Å². The molecule has 4 nitrogen and oxygen atoms in total. The van der Waals surface area contributed by atoms with Crippen LogP contribution >= 0.6 is 0 Å². The summed E-state index contributed by atoms with van der Waals surface area (Å²) >= 11 is 0. The van der Waals surface area contributed by atoms with Gasteiger partial charge in [-0.1, -0.05) is 6.07 Å². The highest BCUT2D eigenvalue weighted by Crippen LogP contribution is 2.26. The number of hydrogen-bond donors (Lipinski definition) is 1. The van der Waals surface area contributed by atoms with E-state index in [1.165, 1.54) is 19.2 Å². The molecule has 0 aliphatic carbocycles. The molecule has 88 valence electrons. The maximum Gasteiger partial charge on any atom is 0.184 e. The summed E-state index contributed by atoms with van der Waals surface area (Å²) in [5.74, 6) is -0.280. The van der Waals surface area contributed by atoms with Crippen LogP contribution in [-0.4, -0.2) is 31.5 Å². The average Bonchev–Trinajstić information content (AvgIpc) is 2.30. The van der Waals surface area contributed by atoms with Gasteiger partial charge >= 0.3 is 0 Å². The van der Waals surface area contributed by atoms with E-state index in [1.807, 2.05) is 0 Å². The lowest BCUT2D eigenvalue weighted by Crippen LogP contribution is -2.31. The van der Waals surface area contributed by atoms with Gasteiger partial charge in [-0.3, -0.25) is 0 Å². The van der Waals surface area contributed by atoms with Crippen LogP contribution in [0.2, 0.25) is 0 Å². The predicted octanol–water partition coefficient (Wildman–Crippen LogP) is 1.24. The smallest absolute Gasteiger partial charge is 0.184 e. The van der Waals surface area contributed by atoms with Crippen LogP contribution in [0.25, 0.3) is 0 Å². The quantitative estimate of drug-likeness (QED) is 0.827. The monoisotopic (exact) mass is 228 g/mol. The molecule has 0 saturated carbocycles. The predicted molar refractivity (Wildman–Crippen MR) is 53.6 cm³/mol. The summed E-state index contributed by atoms with van der Waals surface area (Å²) in [6.07, 6.45) is -1.23. The van der Waals surface area contributed by atoms with Crippen molar-refractivity contribution >= 4 is 0 Å². The zero-order valence-electron chi connectivity index (χ0n) is 8.85. The first-order chi connectivity index (χ1) is 7.70. The molecule has 0 spiro atoms. The van der Waals surface area contributed by atoms with Crippen LogP contribution in [0.1, 0.15) is 11.9 Å². The SMILES string of the molecule is COc1ccc(C2OCC(O)CO2)cc1F. The number of benzene rings is 1. The molecule has 1 fully saturated rings. The van der Waals surface area contributed by atoms with Crippen LogP contribution in [0.5, 0.6) is 5.75 Å². The number of methoxy groups -OCH3 is 1. The standard InChI is InChI=1S/C11H13FO4/c1-14-10-3-2-7(4-9(10)12)11-15-5-8(13)6-16-11/h2-4,8,11,13H,5-6H2,1H3. The normalized spacial score (nSPS) is 25.4. The second kappa shape index (κ2) is 4.78. The van der Waals surface area contributed by atoms with Gasteiger partial charge in [0.1, 0.15) is 6.10 Å². The summed E-state index contributed by atoms with van der Waals surface area (Å²) in [6, 6.07) is 4.49. The zero-order chi connectivity index (χ0) is 11.5. The summed E-state index contributed by atoms with van der Waals surface area (Å²) in [4.78, 5) is 0. The molecule has 1 aliphatic rings. The van der Waals surface area contributed by atoms with Gasteiger partial charge in [0.05, 0.1) is 20.3 Å². The van der Waals surface area contributed by atoms with Crippen LogP contribution in [0, 0.1) is 5.82 Å². The molecular formula is C11H13FO4. The van der Waals surface area contributed by atoms with Gasteiger partial charge in [0, 0.05) is 5.56 Å². The molecule has 1 aliphatic heterocycles. The fraction of sp³-hybridized carbons (Fsp3) is 0.455. The Balaban J connectivity index is 2.12. The molecule has 2 rings (SSSR count). The first kappa shape index (κ1) is 11.3. The second-order valence-electron chi connectivity index (χ2n) is 3.55. The van der Waals surface area contributed by atoms with E-state index < -0.39 is 18.2 Å². The molecule has 0 aromatic heterocycles. The fourth-order valence-electron chi connectivity index (χ4n) is 1.51. The van der Waals surface area contributed by atoms with Gasteiger partial charge in [0.15, 0.2) is 17.9 Å². The van der Waals surface area contributed by atoms with Crippen molar-refractivity contribution in [1.82, 2.24) is 0 Å². The lowest BCUT2D eigenvalue weighted by Gasteiger charge is -2.26. The molecule has 0 atom stereocenters. The first-order valence-electron chi connectivity index (χ1n) is 4.95. The molecule has 1 heterocycles. The van der Waals surface area contributed by atoms with Gasteiger partial charge < -0.3 is 19.3 Å². The lowest BCUT2D eigenvalue weighted by molar-refractivity contribution is -0.220. The molecule has 1 saturated heterocycles. The van der Waals surface area contributed by atoms with Crippen LogP contribution in [0.4, 0.5) is 4.39 Å². The summed E-state index contributed by atoms with van der Waals surface area (Å²) in [7, 11) is 1.40. The number of rotatable bonds is 2. The summed E-state index contributed by atoms with van der Waals surface area (Å²) in [5, 5.41) is 9.17. The van der Waals surface area contributed by atoms with E-state index in [1.54, 1.807) is 6.07 Å².